The van der Waals surface area contributed by atoms with Crippen LogP contribution in [0.2, 0.25) is 0 Å². The molecule has 4 nitrogen and oxygen atoms in total. The molecule has 1 aromatic heterocycles. The monoisotopic (exact) mass is 437 g/mol. The maximum absolute atomic E-state index is 13.4. The van der Waals surface area contributed by atoms with Gasteiger partial charge in [-0.05, 0) is 47.4 Å². The third-order valence-electron chi connectivity index (χ3n) is 4.84. The predicted octanol–water partition coefficient (Wildman–Crippen LogP) is 5.74. The van der Waals surface area contributed by atoms with Crippen LogP contribution in [0, 0.1) is 5.82 Å². The maximum atomic E-state index is 13.4. The number of halogens is 1. The average molecular weight is 438 g/mol. The zero-order valence-corrected chi connectivity index (χ0v) is 18.8. The fraction of sp³-hybridized carbons (Fsp3) is 0.200. The number of aliphatic hydroxyl groups excluding tert-OH is 1. The summed E-state index contributed by atoms with van der Waals surface area (Å²) < 4.78 is 20.4. The molecule has 0 fully saturated rings. The number of nitrogens with one attached hydrogen (secondary N) is 1. The van der Waals surface area contributed by atoms with Crippen LogP contribution in [0.1, 0.15) is 31.9 Å². The van der Waals surface area contributed by atoms with Gasteiger partial charge in [0.2, 0.25) is 0 Å². The van der Waals surface area contributed by atoms with Gasteiger partial charge < -0.3 is 15.2 Å². The minimum atomic E-state index is -0.377. The molecule has 2 N–H and O–H groups in total. The Kier molecular flexibility index (Phi) is 6.71. The van der Waals surface area contributed by atoms with Crippen LogP contribution in [-0.4, -0.2) is 17.2 Å². The number of aromatic nitrogens is 1. The van der Waals surface area contributed by atoms with Gasteiger partial charge in [-0.2, -0.15) is 4.57 Å². The summed E-state index contributed by atoms with van der Waals surface area (Å²) in [5, 5.41) is 14.2. The molecule has 3 aromatic rings. The summed E-state index contributed by atoms with van der Waals surface area (Å²) in [7, 11) is 1.59. The molecule has 0 saturated carbocycles. The molecule has 0 saturated heterocycles. The van der Waals surface area contributed by atoms with E-state index in [9.17, 15) is 9.50 Å². The van der Waals surface area contributed by atoms with Crippen molar-refractivity contribution in [3.05, 3.63) is 90.0 Å². The van der Waals surface area contributed by atoms with E-state index in [0.29, 0.717) is 22.0 Å². The van der Waals surface area contributed by atoms with Crippen LogP contribution in [0.4, 0.5) is 10.1 Å². The van der Waals surface area contributed by atoms with Gasteiger partial charge in [-0.1, -0.05) is 39.1 Å². The zero-order valence-electron chi connectivity index (χ0n) is 18.0. The maximum Gasteiger partial charge on any atom is 0.288 e. The van der Waals surface area contributed by atoms with Crippen molar-refractivity contribution in [2.24, 2.45) is 0 Å². The van der Waals surface area contributed by atoms with Gasteiger partial charge in [-0.3, -0.25) is 0 Å². The van der Waals surface area contributed by atoms with Gasteiger partial charge in [-0.25, -0.2) is 4.39 Å². The highest BCUT2D eigenvalue weighted by Gasteiger charge is 2.25. The summed E-state index contributed by atoms with van der Waals surface area (Å²) in [6.45, 7) is 6.40. The number of hydrogen-bond donors (Lipinski definition) is 2. The number of nitrogens with zero attached hydrogens (tertiary/aromatic N) is 1. The second-order valence-electron chi connectivity index (χ2n) is 8.13. The van der Waals surface area contributed by atoms with Gasteiger partial charge in [0.15, 0.2) is 23.1 Å². The number of pyridine rings is 1. The van der Waals surface area contributed by atoms with Crippen LogP contribution < -0.4 is 14.6 Å². The van der Waals surface area contributed by atoms with E-state index in [1.54, 1.807) is 11.7 Å². The fourth-order valence-electron chi connectivity index (χ4n) is 3.06. The normalized spacial score (nSPS) is 12.2. The first kappa shape index (κ1) is 22.4. The number of anilines is 1. The van der Waals surface area contributed by atoms with Crippen molar-refractivity contribution in [3.8, 4) is 5.75 Å². The lowest BCUT2D eigenvalue weighted by Crippen LogP contribution is -2.39. The molecule has 1 heterocycles. The molecule has 0 bridgehead atoms. The standard InChI is InChI=1S/C25H25FN2O2S/c1-25(2,3)18-12-14-28(15-13-18)22(23(29)17-8-10-19(26)11-9-17)24(31)27-20-6-5-7-21(16-20)30-4/h5-16H,1-4H3,(H-,27,29,31)/p+1. The van der Waals surface area contributed by atoms with Crippen molar-refractivity contribution in [3.63, 3.8) is 0 Å². The summed E-state index contributed by atoms with van der Waals surface area (Å²) in [6, 6.07) is 17.0. The van der Waals surface area contributed by atoms with Crippen molar-refractivity contribution >= 4 is 34.3 Å². The summed E-state index contributed by atoms with van der Waals surface area (Å²) in [5.74, 6) is 0.245. The molecule has 2 aromatic carbocycles. The van der Waals surface area contributed by atoms with Crippen LogP contribution in [0.5, 0.6) is 5.75 Å². The minimum Gasteiger partial charge on any atom is -0.502 e. The Labute approximate surface area is 187 Å². The number of ether oxygens (including phenoxy) is 1. The van der Waals surface area contributed by atoms with Crippen LogP contribution in [0.3, 0.4) is 0 Å². The van der Waals surface area contributed by atoms with Gasteiger partial charge in [0.05, 0.1) is 7.11 Å². The molecule has 0 spiro atoms. The van der Waals surface area contributed by atoms with E-state index in [1.165, 1.54) is 24.3 Å². The molecular formula is C25H26FN2O2S+. The molecule has 0 amide bonds. The van der Waals surface area contributed by atoms with E-state index in [1.807, 2.05) is 48.8 Å². The topological polar surface area (TPSA) is 45.4 Å². The number of rotatable bonds is 5. The fourth-order valence-corrected chi connectivity index (χ4v) is 3.38. The first-order valence-electron chi connectivity index (χ1n) is 9.86. The largest absolute Gasteiger partial charge is 0.502 e. The Balaban J connectivity index is 2.06. The second kappa shape index (κ2) is 9.27. The third-order valence-corrected chi connectivity index (χ3v) is 5.13. The van der Waals surface area contributed by atoms with E-state index in [-0.39, 0.29) is 17.0 Å². The van der Waals surface area contributed by atoms with Gasteiger partial charge in [0.1, 0.15) is 11.6 Å². The quantitative estimate of drug-likeness (QED) is 0.231. The number of benzene rings is 2. The molecular weight excluding hydrogens is 411 g/mol. The van der Waals surface area contributed by atoms with Gasteiger partial charge >= 0.3 is 0 Å². The van der Waals surface area contributed by atoms with E-state index < -0.39 is 0 Å². The van der Waals surface area contributed by atoms with Crippen molar-refractivity contribution in [2.45, 2.75) is 26.2 Å². The van der Waals surface area contributed by atoms with Crippen molar-refractivity contribution in [1.82, 2.24) is 0 Å². The van der Waals surface area contributed by atoms with Crippen molar-refractivity contribution in [2.75, 3.05) is 12.4 Å². The lowest BCUT2D eigenvalue weighted by Gasteiger charge is -2.18. The third kappa shape index (κ3) is 5.47. The highest BCUT2D eigenvalue weighted by atomic mass is 32.1. The Morgan fingerprint density at radius 2 is 1.68 bits per heavy atom. The first-order valence-corrected chi connectivity index (χ1v) is 10.3. The summed E-state index contributed by atoms with van der Waals surface area (Å²) in [6.07, 6.45) is 3.71. The molecule has 0 aliphatic carbocycles. The Morgan fingerprint density at radius 3 is 2.26 bits per heavy atom. The molecule has 0 atom stereocenters. The molecule has 0 radical (unpaired) electrons. The van der Waals surface area contributed by atoms with Crippen molar-refractivity contribution < 1.29 is 18.8 Å². The summed E-state index contributed by atoms with van der Waals surface area (Å²) >= 11 is 5.66. The van der Waals surface area contributed by atoms with E-state index in [0.717, 1.165) is 11.3 Å². The van der Waals surface area contributed by atoms with Crippen LogP contribution in [-0.2, 0) is 5.41 Å². The molecule has 3 rings (SSSR count). The van der Waals surface area contributed by atoms with Gasteiger partial charge in [0, 0.05) is 29.4 Å². The number of aliphatic hydroxyl groups is 1. The Morgan fingerprint density at radius 1 is 1.03 bits per heavy atom. The smallest absolute Gasteiger partial charge is 0.288 e. The molecule has 0 aliphatic heterocycles. The Bertz CT molecular complexity index is 1100. The minimum absolute atomic E-state index is 0.0126. The lowest BCUT2D eigenvalue weighted by atomic mass is 9.88. The number of methoxy groups -OCH3 is 1. The highest BCUT2D eigenvalue weighted by Crippen LogP contribution is 2.23. The SMILES string of the molecule is COc1cccc(NC(=S)/C(=C(\O)c2ccc(F)cc2)[n+]2ccc(C(C)(C)C)cc2)c1. The van der Waals surface area contributed by atoms with Crippen molar-refractivity contribution in [1.29, 1.82) is 0 Å². The lowest BCUT2D eigenvalue weighted by molar-refractivity contribution is -0.575. The molecule has 0 unspecified atom stereocenters. The molecule has 31 heavy (non-hydrogen) atoms. The van der Waals surface area contributed by atoms with E-state index >= 15 is 0 Å². The van der Waals surface area contributed by atoms with Crippen LogP contribution >= 0.6 is 12.2 Å². The van der Waals surface area contributed by atoms with Crippen LogP contribution in [0.25, 0.3) is 11.5 Å². The molecule has 6 heteroatoms. The number of hydrogen-bond acceptors (Lipinski definition) is 3. The number of thiocarbonyl (C=S) groups is 1. The highest BCUT2D eigenvalue weighted by molar-refractivity contribution is 7.81. The zero-order chi connectivity index (χ0) is 22.6. The predicted molar refractivity (Wildman–Crippen MR) is 127 cm³/mol. The first-order chi connectivity index (χ1) is 14.7. The van der Waals surface area contributed by atoms with Crippen LogP contribution in [0.15, 0.2) is 73.1 Å². The Hall–Kier alpha value is -3.25. The van der Waals surface area contributed by atoms with Gasteiger partial charge in [-0.15, -0.1) is 0 Å². The second-order valence-corrected chi connectivity index (χ2v) is 8.54. The average Bonchev–Trinajstić information content (AvgIpc) is 2.74. The summed E-state index contributed by atoms with van der Waals surface area (Å²) in [4.78, 5) is 0.309. The van der Waals surface area contributed by atoms with Gasteiger partial charge in [0.25, 0.3) is 5.70 Å². The van der Waals surface area contributed by atoms with E-state index in [4.69, 9.17) is 17.0 Å². The molecule has 160 valence electrons. The van der Waals surface area contributed by atoms with E-state index in [2.05, 4.69) is 26.1 Å². The molecule has 0 aliphatic rings. The summed E-state index contributed by atoms with van der Waals surface area (Å²) in [5.41, 5.74) is 2.70.